The predicted octanol–water partition coefficient (Wildman–Crippen LogP) is 6.42. The standard InChI is InChI=1S/C38H36FN11O/c1-23(2)50-24(3)43-32-13-7-25(19-33(32)50)36-31(39)21-42-38(45-36)44-34-14-12-29(20-41-34)48-17-15-47(16-18-48)27-8-10-28(11-9-27)49-22-26-5-4-6-30(37(40)51)35(26)46-49/h4-14,19-23H,15-18H2,1-3H3,(H2,40,51)(H,41,42,44,45). The number of nitrogens with two attached hydrogens (primary N) is 1. The monoisotopic (exact) mass is 681 g/mol. The summed E-state index contributed by atoms with van der Waals surface area (Å²) in [5.74, 6) is 0.742. The number of primary amides is 1. The second-order valence-electron chi connectivity index (χ2n) is 12.9. The Kier molecular flexibility index (Phi) is 8.01. The van der Waals surface area contributed by atoms with Crippen LogP contribution in [-0.2, 0) is 0 Å². The normalized spacial score (nSPS) is 13.4. The van der Waals surface area contributed by atoms with Gasteiger partial charge in [-0.05, 0) is 75.4 Å². The molecule has 4 aromatic heterocycles. The molecule has 3 aromatic carbocycles. The molecular weight excluding hydrogens is 645 g/mol. The number of benzene rings is 3. The number of amides is 1. The number of nitrogens with zero attached hydrogens (tertiary/aromatic N) is 9. The molecule has 1 fully saturated rings. The van der Waals surface area contributed by atoms with Gasteiger partial charge < -0.3 is 25.4 Å². The summed E-state index contributed by atoms with van der Waals surface area (Å²) < 4.78 is 18.9. The first kappa shape index (κ1) is 31.9. The third-order valence-corrected chi connectivity index (χ3v) is 9.31. The van der Waals surface area contributed by atoms with Gasteiger partial charge in [0.1, 0.15) is 22.9 Å². The van der Waals surface area contributed by atoms with Gasteiger partial charge in [-0.3, -0.25) is 4.79 Å². The summed E-state index contributed by atoms with van der Waals surface area (Å²) in [6.45, 7) is 9.54. The SMILES string of the molecule is Cc1nc2ccc(-c3nc(Nc4ccc(N5CCN(c6ccc(-n7cc8cccc(C(N)=O)c8n7)cc6)CC5)cn4)ncc3F)cc2n1C(C)C. The van der Waals surface area contributed by atoms with Crippen molar-refractivity contribution in [3.8, 4) is 16.9 Å². The fourth-order valence-corrected chi connectivity index (χ4v) is 6.82. The lowest BCUT2D eigenvalue weighted by Gasteiger charge is -2.37. The van der Waals surface area contributed by atoms with Crippen LogP contribution in [0.2, 0.25) is 0 Å². The molecule has 7 aromatic rings. The number of carbonyl (C=O) groups excluding carboxylic acids is 1. The van der Waals surface area contributed by atoms with Crippen molar-refractivity contribution in [3.63, 3.8) is 0 Å². The first-order valence-electron chi connectivity index (χ1n) is 16.8. The van der Waals surface area contributed by atoms with E-state index in [4.69, 9.17) is 5.73 Å². The van der Waals surface area contributed by atoms with Gasteiger partial charge in [-0.25, -0.2) is 29.0 Å². The number of piperazine rings is 1. The van der Waals surface area contributed by atoms with Gasteiger partial charge in [-0.2, -0.15) is 5.10 Å². The highest BCUT2D eigenvalue weighted by atomic mass is 19.1. The summed E-state index contributed by atoms with van der Waals surface area (Å²) >= 11 is 0. The van der Waals surface area contributed by atoms with Crippen molar-refractivity contribution in [2.75, 3.05) is 41.3 Å². The molecule has 0 saturated carbocycles. The molecule has 0 radical (unpaired) electrons. The summed E-state index contributed by atoms with van der Waals surface area (Å²) in [6.07, 6.45) is 4.92. The number of pyridine rings is 1. The van der Waals surface area contributed by atoms with Crippen molar-refractivity contribution in [1.82, 2.24) is 34.3 Å². The van der Waals surface area contributed by atoms with Gasteiger partial charge in [0.15, 0.2) is 5.82 Å². The van der Waals surface area contributed by atoms with Crippen LogP contribution >= 0.6 is 0 Å². The Labute approximate surface area is 293 Å². The van der Waals surface area contributed by atoms with Crippen LogP contribution in [0, 0.1) is 12.7 Å². The van der Waals surface area contributed by atoms with Crippen LogP contribution in [0.15, 0.2) is 91.4 Å². The minimum Gasteiger partial charge on any atom is -0.368 e. The second kappa shape index (κ2) is 12.8. The zero-order valence-corrected chi connectivity index (χ0v) is 28.5. The highest BCUT2D eigenvalue weighted by Crippen LogP contribution is 2.29. The van der Waals surface area contributed by atoms with Gasteiger partial charge in [-0.1, -0.05) is 18.2 Å². The van der Waals surface area contributed by atoms with E-state index < -0.39 is 11.7 Å². The molecule has 1 aliphatic heterocycles. The third kappa shape index (κ3) is 6.07. The zero-order valence-electron chi connectivity index (χ0n) is 28.5. The Hall–Kier alpha value is -6.37. The molecule has 5 heterocycles. The molecule has 0 unspecified atom stereocenters. The molecule has 12 nitrogen and oxygen atoms in total. The molecule has 0 spiro atoms. The summed E-state index contributed by atoms with van der Waals surface area (Å²) in [5, 5.41) is 8.61. The maximum Gasteiger partial charge on any atom is 0.250 e. The highest BCUT2D eigenvalue weighted by Gasteiger charge is 2.19. The minimum atomic E-state index is -0.502. The first-order chi connectivity index (χ1) is 24.7. The number of aromatic nitrogens is 7. The van der Waals surface area contributed by atoms with Crippen molar-refractivity contribution in [3.05, 3.63) is 109 Å². The van der Waals surface area contributed by atoms with Crippen LogP contribution in [0.1, 0.15) is 36.1 Å². The van der Waals surface area contributed by atoms with Crippen LogP contribution in [0.4, 0.5) is 27.5 Å². The molecule has 1 amide bonds. The average molecular weight is 682 g/mol. The molecule has 0 aliphatic carbocycles. The second-order valence-corrected chi connectivity index (χ2v) is 12.9. The Balaban J connectivity index is 0.910. The number of anilines is 4. The Morgan fingerprint density at radius 2 is 1.59 bits per heavy atom. The van der Waals surface area contributed by atoms with Crippen molar-refractivity contribution >= 4 is 51.0 Å². The van der Waals surface area contributed by atoms with Crippen LogP contribution in [0.25, 0.3) is 38.9 Å². The average Bonchev–Trinajstić information content (AvgIpc) is 3.73. The molecular formula is C38H36FN11O. The minimum absolute atomic E-state index is 0.210. The van der Waals surface area contributed by atoms with Crippen LogP contribution in [-0.4, -0.2) is 66.4 Å². The quantitative estimate of drug-likeness (QED) is 0.186. The Bertz CT molecular complexity index is 2390. The van der Waals surface area contributed by atoms with E-state index >= 15 is 0 Å². The fourth-order valence-electron chi connectivity index (χ4n) is 6.82. The maximum atomic E-state index is 15.0. The van der Waals surface area contributed by atoms with E-state index in [1.165, 1.54) is 6.20 Å². The lowest BCUT2D eigenvalue weighted by atomic mass is 10.1. The van der Waals surface area contributed by atoms with Gasteiger partial charge in [0, 0.05) is 55.1 Å². The lowest BCUT2D eigenvalue weighted by molar-refractivity contribution is 0.100. The van der Waals surface area contributed by atoms with Gasteiger partial charge in [0.25, 0.3) is 5.91 Å². The van der Waals surface area contributed by atoms with E-state index in [2.05, 4.69) is 70.7 Å². The summed E-state index contributed by atoms with van der Waals surface area (Å²) in [5.41, 5.74) is 12.2. The number of carbonyl (C=O) groups is 1. The highest BCUT2D eigenvalue weighted by molar-refractivity contribution is 6.04. The lowest BCUT2D eigenvalue weighted by Crippen LogP contribution is -2.46. The van der Waals surface area contributed by atoms with E-state index in [9.17, 15) is 9.18 Å². The van der Waals surface area contributed by atoms with Gasteiger partial charge in [0.05, 0.1) is 40.4 Å². The number of hydrogen-bond acceptors (Lipinski definition) is 9. The number of fused-ring (bicyclic) bond motifs is 2. The van der Waals surface area contributed by atoms with E-state index in [0.29, 0.717) is 22.5 Å². The van der Waals surface area contributed by atoms with E-state index in [-0.39, 0.29) is 17.7 Å². The number of halogens is 1. The number of aryl methyl sites for hydroxylation is 1. The summed E-state index contributed by atoms with van der Waals surface area (Å²) in [4.78, 5) is 34.4. The van der Waals surface area contributed by atoms with Gasteiger partial charge >= 0.3 is 0 Å². The molecule has 0 atom stereocenters. The van der Waals surface area contributed by atoms with Crippen LogP contribution in [0.5, 0.6) is 0 Å². The number of nitrogens with one attached hydrogen (secondary N) is 1. The van der Waals surface area contributed by atoms with Gasteiger partial charge in [0.2, 0.25) is 5.95 Å². The molecule has 1 aliphatic rings. The predicted molar refractivity (Wildman–Crippen MR) is 197 cm³/mol. The maximum absolute atomic E-state index is 15.0. The fraction of sp³-hybridized carbons (Fsp3) is 0.211. The number of rotatable bonds is 8. The van der Waals surface area contributed by atoms with E-state index in [1.807, 2.05) is 73.9 Å². The number of imidazole rings is 1. The smallest absolute Gasteiger partial charge is 0.250 e. The molecule has 51 heavy (non-hydrogen) atoms. The zero-order chi connectivity index (χ0) is 35.2. The van der Waals surface area contributed by atoms with Crippen molar-refractivity contribution < 1.29 is 9.18 Å². The van der Waals surface area contributed by atoms with Crippen molar-refractivity contribution in [1.29, 1.82) is 0 Å². The Morgan fingerprint density at radius 1 is 0.863 bits per heavy atom. The summed E-state index contributed by atoms with van der Waals surface area (Å²) in [6, 6.07) is 23.4. The number of hydrogen-bond donors (Lipinski definition) is 2. The Morgan fingerprint density at radius 3 is 2.29 bits per heavy atom. The largest absolute Gasteiger partial charge is 0.368 e. The molecule has 13 heteroatoms. The van der Waals surface area contributed by atoms with E-state index in [1.54, 1.807) is 10.7 Å². The van der Waals surface area contributed by atoms with Crippen molar-refractivity contribution in [2.24, 2.45) is 5.73 Å². The van der Waals surface area contributed by atoms with Crippen LogP contribution < -0.4 is 20.9 Å². The molecule has 8 rings (SSSR count). The molecule has 3 N–H and O–H groups in total. The molecule has 256 valence electrons. The summed E-state index contributed by atoms with van der Waals surface area (Å²) in [7, 11) is 0. The first-order valence-corrected chi connectivity index (χ1v) is 16.8. The molecule has 1 saturated heterocycles. The third-order valence-electron chi connectivity index (χ3n) is 9.31. The van der Waals surface area contributed by atoms with Crippen molar-refractivity contribution in [2.45, 2.75) is 26.8 Å². The van der Waals surface area contributed by atoms with E-state index in [0.717, 1.165) is 65.5 Å². The molecule has 0 bridgehead atoms. The topological polar surface area (TPSA) is 136 Å². The van der Waals surface area contributed by atoms with Crippen LogP contribution in [0.3, 0.4) is 0 Å². The van der Waals surface area contributed by atoms with Gasteiger partial charge in [-0.15, -0.1) is 0 Å².